The van der Waals surface area contributed by atoms with Crippen LogP contribution in [-0.4, -0.2) is 41.0 Å². The Morgan fingerprint density at radius 2 is 1.90 bits per heavy atom. The van der Waals surface area contributed by atoms with Crippen molar-refractivity contribution in [3.63, 3.8) is 0 Å². The van der Waals surface area contributed by atoms with E-state index in [4.69, 9.17) is 0 Å². The van der Waals surface area contributed by atoms with Crippen molar-refractivity contribution in [3.8, 4) is 33.9 Å². The smallest absolute Gasteiger partial charge is 0.224 e. The number of nitrogens with zero attached hydrogens (tertiary/aromatic N) is 5. The first-order valence-electron chi connectivity index (χ1n) is 12.5. The molecule has 0 atom stereocenters. The number of hydrogen-bond acceptors (Lipinski definition) is 6. The average molecular weight is 521 g/mol. The van der Waals surface area contributed by atoms with E-state index in [-0.39, 0.29) is 16.7 Å². The Kier molecular flexibility index (Phi) is 5.86. The molecule has 0 aliphatic rings. The highest BCUT2D eigenvalue weighted by molar-refractivity contribution is 5.98. The van der Waals surface area contributed by atoms with Crippen LogP contribution in [0.1, 0.15) is 27.2 Å². The molecule has 5 heterocycles. The standard InChI is InChI=1S/C29H25FN8O/c1-29(2,3)13-22(39)34-17-12-16(14-31-15-17)18-7-8-21-23(24(18)30)26(38-37-21)28-35-25-19(9-11-33-27(25)36-28)20-6-4-5-10-32-20/h4-12,14-15H,13H2,1-3H3,(H,34,39)(H,37,38)(H,33,35,36). The normalized spacial score (nSPS) is 11.8. The van der Waals surface area contributed by atoms with E-state index in [0.717, 1.165) is 11.3 Å². The minimum absolute atomic E-state index is 0.127. The number of amides is 1. The van der Waals surface area contributed by atoms with Gasteiger partial charge in [0.05, 0.1) is 34.0 Å². The first kappa shape index (κ1) is 24.4. The van der Waals surface area contributed by atoms with Gasteiger partial charge in [0.1, 0.15) is 11.5 Å². The number of imidazole rings is 1. The molecule has 0 fully saturated rings. The molecule has 0 saturated carbocycles. The van der Waals surface area contributed by atoms with Crippen molar-refractivity contribution in [2.75, 3.05) is 5.32 Å². The fraction of sp³-hybridized carbons (Fsp3) is 0.172. The molecule has 1 amide bonds. The molecule has 0 unspecified atom stereocenters. The van der Waals surface area contributed by atoms with Crippen LogP contribution in [0.4, 0.5) is 10.1 Å². The predicted molar refractivity (Wildman–Crippen MR) is 148 cm³/mol. The van der Waals surface area contributed by atoms with E-state index >= 15 is 4.39 Å². The Morgan fingerprint density at radius 3 is 2.69 bits per heavy atom. The molecular weight excluding hydrogens is 495 g/mol. The van der Waals surface area contributed by atoms with Crippen molar-refractivity contribution >= 4 is 33.7 Å². The van der Waals surface area contributed by atoms with Gasteiger partial charge in [-0.05, 0) is 41.8 Å². The maximum absolute atomic E-state index is 16.1. The third-order valence-corrected chi connectivity index (χ3v) is 6.25. The molecule has 0 aliphatic carbocycles. The average Bonchev–Trinajstić information content (AvgIpc) is 3.53. The van der Waals surface area contributed by atoms with Gasteiger partial charge < -0.3 is 10.3 Å². The summed E-state index contributed by atoms with van der Waals surface area (Å²) in [5.74, 6) is -0.225. The molecule has 1 aromatic carbocycles. The van der Waals surface area contributed by atoms with Crippen LogP contribution in [0.5, 0.6) is 0 Å². The molecule has 194 valence electrons. The van der Waals surface area contributed by atoms with Gasteiger partial charge in [-0.15, -0.1) is 0 Å². The van der Waals surface area contributed by atoms with E-state index < -0.39 is 5.82 Å². The Labute approximate surface area is 223 Å². The Bertz CT molecular complexity index is 1840. The summed E-state index contributed by atoms with van der Waals surface area (Å²) in [6.07, 6.45) is 6.85. The number of benzene rings is 1. The van der Waals surface area contributed by atoms with Gasteiger partial charge in [-0.25, -0.2) is 14.4 Å². The lowest BCUT2D eigenvalue weighted by Crippen LogP contribution is -2.19. The third kappa shape index (κ3) is 4.72. The van der Waals surface area contributed by atoms with Crippen molar-refractivity contribution in [3.05, 3.63) is 73.1 Å². The molecule has 0 spiro atoms. The number of rotatable bonds is 5. The van der Waals surface area contributed by atoms with Crippen LogP contribution in [0.15, 0.2) is 67.3 Å². The lowest BCUT2D eigenvalue weighted by Gasteiger charge is -2.17. The zero-order valence-electron chi connectivity index (χ0n) is 21.6. The first-order valence-corrected chi connectivity index (χ1v) is 12.5. The molecule has 0 bridgehead atoms. The van der Waals surface area contributed by atoms with Gasteiger partial charge in [-0.1, -0.05) is 26.8 Å². The monoisotopic (exact) mass is 520 g/mol. The maximum atomic E-state index is 16.1. The van der Waals surface area contributed by atoms with Gasteiger partial charge >= 0.3 is 0 Å². The van der Waals surface area contributed by atoms with E-state index in [0.29, 0.717) is 51.4 Å². The van der Waals surface area contributed by atoms with E-state index in [1.54, 1.807) is 43.0 Å². The number of H-pyrrole nitrogens is 2. The number of nitrogens with one attached hydrogen (secondary N) is 3. The lowest BCUT2D eigenvalue weighted by atomic mass is 9.92. The molecule has 6 aromatic rings. The zero-order chi connectivity index (χ0) is 27.1. The molecule has 39 heavy (non-hydrogen) atoms. The quantitative estimate of drug-likeness (QED) is 0.251. The number of fused-ring (bicyclic) bond motifs is 2. The van der Waals surface area contributed by atoms with Crippen LogP contribution in [0.3, 0.4) is 0 Å². The number of halogens is 1. The summed E-state index contributed by atoms with van der Waals surface area (Å²) < 4.78 is 16.1. The number of aromatic amines is 2. The molecule has 6 rings (SSSR count). The van der Waals surface area contributed by atoms with E-state index in [1.807, 2.05) is 45.0 Å². The molecule has 0 saturated heterocycles. The maximum Gasteiger partial charge on any atom is 0.224 e. The largest absolute Gasteiger partial charge is 0.335 e. The van der Waals surface area contributed by atoms with E-state index in [1.165, 1.54) is 0 Å². The summed E-state index contributed by atoms with van der Waals surface area (Å²) in [7, 11) is 0. The topological polar surface area (TPSA) is 125 Å². The molecule has 5 aromatic heterocycles. The van der Waals surface area contributed by atoms with Crippen molar-refractivity contribution in [2.24, 2.45) is 5.41 Å². The van der Waals surface area contributed by atoms with Gasteiger partial charge in [-0.3, -0.25) is 19.9 Å². The molecule has 9 nitrogen and oxygen atoms in total. The zero-order valence-corrected chi connectivity index (χ0v) is 21.6. The highest BCUT2D eigenvalue weighted by atomic mass is 19.1. The summed E-state index contributed by atoms with van der Waals surface area (Å²) in [5, 5.41) is 10.4. The van der Waals surface area contributed by atoms with Gasteiger partial charge in [-0.2, -0.15) is 5.10 Å². The molecular formula is C29H25FN8O. The van der Waals surface area contributed by atoms with Crippen molar-refractivity contribution in [1.29, 1.82) is 0 Å². The second kappa shape index (κ2) is 9.39. The minimum atomic E-state index is -0.477. The summed E-state index contributed by atoms with van der Waals surface area (Å²) in [6, 6.07) is 12.6. The van der Waals surface area contributed by atoms with Crippen LogP contribution >= 0.6 is 0 Å². The summed E-state index contributed by atoms with van der Waals surface area (Å²) >= 11 is 0. The number of anilines is 1. The fourth-order valence-corrected chi connectivity index (χ4v) is 4.57. The number of aromatic nitrogens is 7. The number of hydrogen-bond donors (Lipinski definition) is 3. The van der Waals surface area contributed by atoms with Crippen LogP contribution in [-0.2, 0) is 4.79 Å². The highest BCUT2D eigenvalue weighted by Crippen LogP contribution is 2.35. The number of carbonyl (C=O) groups excluding carboxylic acids is 1. The van der Waals surface area contributed by atoms with Crippen LogP contribution in [0, 0.1) is 11.2 Å². The molecule has 0 aliphatic heterocycles. The minimum Gasteiger partial charge on any atom is -0.335 e. The first-order chi connectivity index (χ1) is 18.8. The SMILES string of the molecule is CC(C)(C)CC(=O)Nc1cncc(-c2ccc3[nH]nc(-c4nc5nccc(-c6ccccn6)c5[nH]4)c3c2F)c1. The van der Waals surface area contributed by atoms with Gasteiger partial charge in [0.15, 0.2) is 11.5 Å². The molecule has 0 radical (unpaired) electrons. The van der Waals surface area contributed by atoms with Crippen LogP contribution < -0.4 is 5.32 Å². The van der Waals surface area contributed by atoms with Crippen molar-refractivity contribution < 1.29 is 9.18 Å². The Hall–Kier alpha value is -4.99. The van der Waals surface area contributed by atoms with Gasteiger partial charge in [0.25, 0.3) is 0 Å². The van der Waals surface area contributed by atoms with Crippen molar-refractivity contribution in [1.82, 2.24) is 35.1 Å². The van der Waals surface area contributed by atoms with Gasteiger partial charge in [0, 0.05) is 41.7 Å². The Morgan fingerprint density at radius 1 is 1.03 bits per heavy atom. The predicted octanol–water partition coefficient (Wildman–Crippen LogP) is 6.14. The highest BCUT2D eigenvalue weighted by Gasteiger charge is 2.21. The van der Waals surface area contributed by atoms with E-state index in [9.17, 15) is 4.79 Å². The second-order valence-corrected chi connectivity index (χ2v) is 10.5. The summed E-state index contributed by atoms with van der Waals surface area (Å²) in [6.45, 7) is 5.98. The number of pyridine rings is 3. The van der Waals surface area contributed by atoms with Gasteiger partial charge in [0.2, 0.25) is 5.91 Å². The van der Waals surface area contributed by atoms with Crippen LogP contribution in [0.2, 0.25) is 0 Å². The van der Waals surface area contributed by atoms with E-state index in [2.05, 4.69) is 40.4 Å². The molecule has 10 heteroatoms. The Balaban J connectivity index is 1.40. The molecule has 3 N–H and O–H groups in total. The fourth-order valence-electron chi connectivity index (χ4n) is 4.57. The summed E-state index contributed by atoms with van der Waals surface area (Å²) in [5.41, 5.74) is 4.80. The van der Waals surface area contributed by atoms with Crippen LogP contribution in [0.25, 0.3) is 56.0 Å². The summed E-state index contributed by atoms with van der Waals surface area (Å²) in [4.78, 5) is 33.3. The second-order valence-electron chi connectivity index (χ2n) is 10.5. The van der Waals surface area contributed by atoms with Crippen molar-refractivity contribution in [2.45, 2.75) is 27.2 Å². The third-order valence-electron chi connectivity index (χ3n) is 6.25. The number of carbonyl (C=O) groups is 1. The lowest BCUT2D eigenvalue weighted by molar-refractivity contribution is -0.117.